The van der Waals surface area contributed by atoms with Gasteiger partial charge in [0.15, 0.2) is 4.91 Å². The van der Waals surface area contributed by atoms with E-state index in [9.17, 15) is 18.1 Å². The maximum atomic E-state index is 14.1. The maximum absolute atomic E-state index is 14.1. The second kappa shape index (κ2) is 9.82. The van der Waals surface area contributed by atoms with Crippen molar-refractivity contribution >= 4 is 27.3 Å². The summed E-state index contributed by atoms with van der Waals surface area (Å²) in [6, 6.07) is 21.7. The molecule has 1 N–H and O–H groups in total. The van der Waals surface area contributed by atoms with E-state index in [0.29, 0.717) is 11.3 Å². The highest BCUT2D eigenvalue weighted by molar-refractivity contribution is 8.04. The molecule has 0 bridgehead atoms. The molecule has 0 atom stereocenters. The average molecular weight is 453 g/mol. The quantitative estimate of drug-likeness (QED) is 0.448. The molecule has 0 fully saturated rings. The molecule has 31 heavy (non-hydrogen) atoms. The molecular weight excluding hydrogens is 431 g/mol. The standard InChI is InChI=1S/C24H21FN2O2S2/c1-17-12-18(2)14-20(13-17)27-24(30-16-19-8-6-7-11-22(19)25)23(15-26)31(28,29)21-9-4-3-5-10-21/h3-14,27H,16H2,1-2H3. The lowest BCUT2D eigenvalue weighted by Gasteiger charge is -2.15. The molecule has 4 nitrogen and oxygen atoms in total. The van der Waals surface area contributed by atoms with E-state index in [1.54, 1.807) is 36.4 Å². The highest BCUT2D eigenvalue weighted by Gasteiger charge is 2.25. The average Bonchev–Trinajstić information content (AvgIpc) is 2.73. The molecule has 0 saturated carbocycles. The number of hydrogen-bond donors (Lipinski definition) is 1. The first-order valence-electron chi connectivity index (χ1n) is 9.47. The molecule has 0 aliphatic heterocycles. The Kier molecular flexibility index (Phi) is 7.16. The van der Waals surface area contributed by atoms with E-state index in [1.165, 1.54) is 18.2 Å². The van der Waals surface area contributed by atoms with E-state index in [0.717, 1.165) is 22.9 Å². The lowest BCUT2D eigenvalue weighted by molar-refractivity contribution is 0.603. The van der Waals surface area contributed by atoms with Crippen molar-refractivity contribution < 1.29 is 12.8 Å². The Morgan fingerprint density at radius 2 is 1.61 bits per heavy atom. The Labute approximate surface area is 186 Å². The molecule has 0 saturated heterocycles. The van der Waals surface area contributed by atoms with E-state index >= 15 is 0 Å². The lowest BCUT2D eigenvalue weighted by Crippen LogP contribution is -2.10. The number of nitriles is 1. The van der Waals surface area contributed by atoms with Gasteiger partial charge in [-0.15, -0.1) is 11.8 Å². The van der Waals surface area contributed by atoms with E-state index in [-0.39, 0.29) is 21.5 Å². The number of rotatable bonds is 7. The maximum Gasteiger partial charge on any atom is 0.219 e. The molecule has 3 rings (SSSR count). The van der Waals surface area contributed by atoms with Gasteiger partial charge in [-0.25, -0.2) is 12.8 Å². The van der Waals surface area contributed by atoms with Crippen molar-refractivity contribution in [2.45, 2.75) is 24.5 Å². The molecule has 0 heterocycles. The first kappa shape index (κ1) is 22.6. The molecule has 0 radical (unpaired) electrons. The van der Waals surface area contributed by atoms with E-state index in [4.69, 9.17) is 0 Å². The molecule has 3 aromatic carbocycles. The van der Waals surface area contributed by atoms with Gasteiger partial charge in [0, 0.05) is 11.4 Å². The highest BCUT2D eigenvalue weighted by atomic mass is 32.2. The van der Waals surface area contributed by atoms with Crippen LogP contribution < -0.4 is 5.32 Å². The van der Waals surface area contributed by atoms with Gasteiger partial charge in [0.2, 0.25) is 9.84 Å². The summed E-state index contributed by atoms with van der Waals surface area (Å²) < 4.78 is 40.5. The summed E-state index contributed by atoms with van der Waals surface area (Å²) in [5.74, 6) is -0.222. The molecule has 0 unspecified atom stereocenters. The van der Waals surface area contributed by atoms with Gasteiger partial charge < -0.3 is 5.32 Å². The number of thioether (sulfide) groups is 1. The Morgan fingerprint density at radius 1 is 1.00 bits per heavy atom. The Morgan fingerprint density at radius 3 is 2.23 bits per heavy atom. The van der Waals surface area contributed by atoms with Crippen molar-refractivity contribution in [2.24, 2.45) is 0 Å². The van der Waals surface area contributed by atoms with Crippen LogP contribution in [0.4, 0.5) is 10.1 Å². The van der Waals surface area contributed by atoms with Gasteiger partial charge in [0.1, 0.15) is 16.9 Å². The summed E-state index contributed by atoms with van der Waals surface area (Å²) in [7, 11) is -4.06. The zero-order valence-electron chi connectivity index (χ0n) is 17.1. The largest absolute Gasteiger partial charge is 0.349 e. The van der Waals surface area contributed by atoms with Gasteiger partial charge >= 0.3 is 0 Å². The number of allylic oxidation sites excluding steroid dienone is 1. The first-order chi connectivity index (χ1) is 14.8. The van der Waals surface area contributed by atoms with Crippen LogP contribution in [0.25, 0.3) is 0 Å². The van der Waals surface area contributed by atoms with E-state index in [1.807, 2.05) is 38.1 Å². The van der Waals surface area contributed by atoms with E-state index in [2.05, 4.69) is 5.32 Å². The Bertz CT molecular complexity index is 1240. The molecule has 158 valence electrons. The normalized spacial score (nSPS) is 12.1. The predicted octanol–water partition coefficient (Wildman–Crippen LogP) is 5.95. The Balaban J connectivity index is 2.08. The van der Waals surface area contributed by atoms with Crippen molar-refractivity contribution in [3.8, 4) is 6.07 Å². The zero-order valence-corrected chi connectivity index (χ0v) is 18.7. The Hall–Kier alpha value is -3.08. The van der Waals surface area contributed by atoms with Crippen molar-refractivity contribution in [1.29, 1.82) is 5.26 Å². The summed E-state index contributed by atoms with van der Waals surface area (Å²) in [6.07, 6.45) is 0. The third kappa shape index (κ3) is 5.54. The monoisotopic (exact) mass is 452 g/mol. The minimum absolute atomic E-state index is 0.0257. The molecule has 7 heteroatoms. The van der Waals surface area contributed by atoms with Crippen LogP contribution >= 0.6 is 11.8 Å². The molecule has 0 amide bonds. The van der Waals surface area contributed by atoms with Gasteiger partial charge in [0.25, 0.3) is 0 Å². The summed E-state index contributed by atoms with van der Waals surface area (Å²) in [6.45, 7) is 3.86. The van der Waals surface area contributed by atoms with Gasteiger partial charge in [-0.05, 0) is 60.9 Å². The van der Waals surface area contributed by atoms with Crippen molar-refractivity contribution in [2.75, 3.05) is 5.32 Å². The van der Waals surface area contributed by atoms with Crippen LogP contribution in [-0.4, -0.2) is 8.42 Å². The lowest BCUT2D eigenvalue weighted by atomic mass is 10.1. The van der Waals surface area contributed by atoms with Gasteiger partial charge in [-0.2, -0.15) is 5.26 Å². The van der Waals surface area contributed by atoms with Crippen LogP contribution in [-0.2, 0) is 15.6 Å². The number of anilines is 1. The van der Waals surface area contributed by atoms with Gasteiger partial charge in [0.05, 0.1) is 4.90 Å². The fourth-order valence-electron chi connectivity index (χ4n) is 3.05. The third-order valence-corrected chi connectivity index (χ3v) is 7.34. The summed E-state index contributed by atoms with van der Waals surface area (Å²) >= 11 is 1.08. The second-order valence-corrected chi connectivity index (χ2v) is 9.84. The summed E-state index contributed by atoms with van der Waals surface area (Å²) in [5, 5.41) is 13.1. The summed E-state index contributed by atoms with van der Waals surface area (Å²) in [4.78, 5) is -0.378. The zero-order chi connectivity index (χ0) is 22.4. The van der Waals surface area contributed by atoms with Crippen molar-refractivity contribution in [3.05, 3.63) is 105 Å². The van der Waals surface area contributed by atoms with Crippen molar-refractivity contribution in [1.82, 2.24) is 0 Å². The fraction of sp³-hybridized carbons (Fsp3) is 0.125. The molecule has 0 aliphatic carbocycles. The van der Waals surface area contributed by atoms with Crippen LogP contribution in [0.2, 0.25) is 0 Å². The van der Waals surface area contributed by atoms with Crippen LogP contribution in [0, 0.1) is 31.0 Å². The van der Waals surface area contributed by atoms with Crippen molar-refractivity contribution in [3.63, 3.8) is 0 Å². The number of nitrogens with zero attached hydrogens (tertiary/aromatic N) is 1. The minimum Gasteiger partial charge on any atom is -0.349 e. The van der Waals surface area contributed by atoms with Crippen LogP contribution in [0.5, 0.6) is 0 Å². The van der Waals surface area contributed by atoms with Gasteiger partial charge in [-0.1, -0.05) is 42.5 Å². The third-order valence-electron chi connectivity index (χ3n) is 4.44. The van der Waals surface area contributed by atoms with Crippen LogP contribution in [0.15, 0.2) is 87.6 Å². The summed E-state index contributed by atoms with van der Waals surface area (Å²) in [5.41, 5.74) is 3.06. The predicted molar refractivity (Wildman–Crippen MR) is 124 cm³/mol. The number of nitrogens with one attached hydrogen (secondary N) is 1. The number of aryl methyl sites for hydroxylation is 2. The van der Waals surface area contributed by atoms with Crippen LogP contribution in [0.3, 0.4) is 0 Å². The SMILES string of the molecule is Cc1cc(C)cc(NC(SCc2ccccc2F)=C(C#N)S(=O)(=O)c2ccccc2)c1. The molecule has 0 aromatic heterocycles. The smallest absolute Gasteiger partial charge is 0.219 e. The molecule has 3 aromatic rings. The highest BCUT2D eigenvalue weighted by Crippen LogP contribution is 2.32. The van der Waals surface area contributed by atoms with E-state index < -0.39 is 14.7 Å². The number of benzene rings is 3. The topological polar surface area (TPSA) is 70.0 Å². The number of sulfone groups is 1. The minimum atomic E-state index is -4.06. The molecular formula is C24H21FN2O2S2. The number of hydrogen-bond acceptors (Lipinski definition) is 5. The molecule has 0 aliphatic rings. The molecule has 0 spiro atoms. The fourth-order valence-corrected chi connectivity index (χ4v) is 5.63. The van der Waals surface area contributed by atoms with Crippen LogP contribution in [0.1, 0.15) is 16.7 Å². The second-order valence-electron chi connectivity index (χ2n) is 6.97. The number of halogens is 1. The van der Waals surface area contributed by atoms with Gasteiger partial charge in [-0.3, -0.25) is 0 Å². The first-order valence-corrected chi connectivity index (χ1v) is 11.9.